The van der Waals surface area contributed by atoms with Crippen LogP contribution in [0, 0.1) is 12.7 Å². The number of halogens is 1. The standard InChI is InChI=1S/C12H11FN2O3/c1-7-2-4-8(5-3-7)6-15-11(17)9(13)10(16)14-12(15)18/h2-5,17H,6H2,1H3,(H,14,16,18). The third-order valence-electron chi connectivity index (χ3n) is 2.58. The van der Waals surface area contributed by atoms with E-state index in [0.29, 0.717) is 5.56 Å². The Morgan fingerprint density at radius 3 is 2.50 bits per heavy atom. The van der Waals surface area contributed by atoms with E-state index < -0.39 is 22.9 Å². The molecule has 5 nitrogen and oxygen atoms in total. The van der Waals surface area contributed by atoms with Crippen LogP contribution in [-0.2, 0) is 6.54 Å². The number of H-pyrrole nitrogens is 1. The molecule has 0 aliphatic carbocycles. The zero-order valence-electron chi connectivity index (χ0n) is 9.61. The van der Waals surface area contributed by atoms with Crippen LogP contribution in [0.25, 0.3) is 0 Å². The predicted octanol–water partition coefficient (Wildman–Crippen LogP) is 0.738. The minimum atomic E-state index is -1.36. The molecule has 6 heteroatoms. The van der Waals surface area contributed by atoms with Crippen LogP contribution in [0.1, 0.15) is 11.1 Å². The van der Waals surface area contributed by atoms with Crippen molar-refractivity contribution in [2.45, 2.75) is 13.5 Å². The molecular weight excluding hydrogens is 239 g/mol. The van der Waals surface area contributed by atoms with Crippen LogP contribution < -0.4 is 11.2 Å². The first kappa shape index (κ1) is 12.1. The Hall–Kier alpha value is -2.37. The first-order chi connectivity index (χ1) is 8.49. The van der Waals surface area contributed by atoms with Gasteiger partial charge in [0.1, 0.15) is 0 Å². The van der Waals surface area contributed by atoms with Gasteiger partial charge in [-0.2, -0.15) is 4.39 Å². The fourth-order valence-electron chi connectivity index (χ4n) is 1.56. The Balaban J connectivity index is 2.47. The van der Waals surface area contributed by atoms with Crippen LogP contribution >= 0.6 is 0 Å². The van der Waals surface area contributed by atoms with E-state index in [4.69, 9.17) is 0 Å². The molecule has 0 spiro atoms. The second-order valence-electron chi connectivity index (χ2n) is 3.97. The largest absolute Gasteiger partial charge is 0.492 e. The summed E-state index contributed by atoms with van der Waals surface area (Å²) in [5, 5.41) is 9.44. The van der Waals surface area contributed by atoms with Gasteiger partial charge in [0, 0.05) is 0 Å². The van der Waals surface area contributed by atoms with E-state index in [1.807, 2.05) is 19.1 Å². The molecule has 0 fully saturated rings. The molecule has 18 heavy (non-hydrogen) atoms. The quantitative estimate of drug-likeness (QED) is 0.825. The van der Waals surface area contributed by atoms with Gasteiger partial charge in [0.05, 0.1) is 6.54 Å². The summed E-state index contributed by atoms with van der Waals surface area (Å²) in [5.41, 5.74) is -0.315. The minimum absolute atomic E-state index is 0.0152. The molecule has 0 atom stereocenters. The van der Waals surface area contributed by atoms with E-state index >= 15 is 0 Å². The van der Waals surface area contributed by atoms with E-state index in [2.05, 4.69) is 0 Å². The molecule has 1 heterocycles. The summed E-state index contributed by atoms with van der Waals surface area (Å²) >= 11 is 0. The normalized spacial score (nSPS) is 10.6. The van der Waals surface area contributed by atoms with Crippen LogP contribution in [0.4, 0.5) is 4.39 Å². The number of hydrogen-bond acceptors (Lipinski definition) is 3. The maximum Gasteiger partial charge on any atom is 0.331 e. The zero-order chi connectivity index (χ0) is 13.3. The van der Waals surface area contributed by atoms with Crippen LogP contribution in [0.2, 0.25) is 0 Å². The Kier molecular flexibility index (Phi) is 3.01. The van der Waals surface area contributed by atoms with Gasteiger partial charge in [-0.3, -0.25) is 14.3 Å². The van der Waals surface area contributed by atoms with Crippen molar-refractivity contribution in [3.63, 3.8) is 0 Å². The second-order valence-corrected chi connectivity index (χ2v) is 3.97. The third kappa shape index (κ3) is 2.17. The Bertz CT molecular complexity index is 686. The summed E-state index contributed by atoms with van der Waals surface area (Å²) in [7, 11) is 0. The van der Waals surface area contributed by atoms with Crippen LogP contribution in [0.3, 0.4) is 0 Å². The maximum atomic E-state index is 13.2. The molecule has 0 bridgehead atoms. The highest BCUT2D eigenvalue weighted by Crippen LogP contribution is 2.11. The summed E-state index contributed by atoms with van der Waals surface area (Å²) in [5.74, 6) is -2.31. The zero-order valence-corrected chi connectivity index (χ0v) is 9.61. The van der Waals surface area contributed by atoms with Crippen molar-refractivity contribution in [1.29, 1.82) is 0 Å². The first-order valence-electron chi connectivity index (χ1n) is 5.26. The molecule has 0 saturated heterocycles. The number of aromatic nitrogens is 2. The number of nitrogens with zero attached hydrogens (tertiary/aromatic N) is 1. The molecule has 2 aromatic rings. The average Bonchev–Trinajstić information content (AvgIpc) is 2.34. The van der Waals surface area contributed by atoms with Gasteiger partial charge in [-0.25, -0.2) is 4.79 Å². The van der Waals surface area contributed by atoms with Crippen molar-refractivity contribution < 1.29 is 9.50 Å². The van der Waals surface area contributed by atoms with Crippen LogP contribution in [-0.4, -0.2) is 14.7 Å². The predicted molar refractivity (Wildman–Crippen MR) is 63.2 cm³/mol. The van der Waals surface area contributed by atoms with E-state index in [0.717, 1.165) is 10.1 Å². The molecule has 0 radical (unpaired) electrons. The van der Waals surface area contributed by atoms with Gasteiger partial charge >= 0.3 is 5.69 Å². The molecular formula is C12H11FN2O3. The molecule has 94 valence electrons. The number of hydrogen-bond donors (Lipinski definition) is 2. The second kappa shape index (κ2) is 4.48. The number of benzene rings is 1. The van der Waals surface area contributed by atoms with Gasteiger partial charge in [-0.05, 0) is 12.5 Å². The van der Waals surface area contributed by atoms with Gasteiger partial charge in [0.25, 0.3) is 5.56 Å². The lowest BCUT2D eigenvalue weighted by molar-refractivity contribution is 0.367. The van der Waals surface area contributed by atoms with Crippen LogP contribution in [0.5, 0.6) is 5.88 Å². The summed E-state index contributed by atoms with van der Waals surface area (Å²) in [6.45, 7) is 1.89. The molecule has 2 N–H and O–H groups in total. The van der Waals surface area contributed by atoms with E-state index in [-0.39, 0.29) is 6.54 Å². The summed E-state index contributed by atoms with van der Waals surface area (Å²) in [6, 6.07) is 7.17. The molecule has 1 aromatic heterocycles. The molecule has 0 aliphatic heterocycles. The SMILES string of the molecule is Cc1ccc(Cn2c(O)c(F)c(=O)[nH]c2=O)cc1. The summed E-state index contributed by atoms with van der Waals surface area (Å²) in [6.07, 6.45) is 0. The molecule has 2 rings (SSSR count). The summed E-state index contributed by atoms with van der Waals surface area (Å²) in [4.78, 5) is 24.2. The topological polar surface area (TPSA) is 75.1 Å². The highest BCUT2D eigenvalue weighted by atomic mass is 19.1. The Morgan fingerprint density at radius 2 is 1.89 bits per heavy atom. The lowest BCUT2D eigenvalue weighted by Gasteiger charge is -2.08. The Morgan fingerprint density at radius 1 is 1.28 bits per heavy atom. The van der Waals surface area contributed by atoms with Gasteiger partial charge < -0.3 is 5.11 Å². The van der Waals surface area contributed by atoms with Crippen molar-refractivity contribution in [1.82, 2.24) is 9.55 Å². The van der Waals surface area contributed by atoms with E-state index in [1.165, 1.54) is 0 Å². The smallest absolute Gasteiger partial charge is 0.331 e. The number of aromatic amines is 1. The molecule has 0 amide bonds. The highest BCUT2D eigenvalue weighted by molar-refractivity contribution is 5.22. The fraction of sp³-hybridized carbons (Fsp3) is 0.167. The third-order valence-corrected chi connectivity index (χ3v) is 2.58. The highest BCUT2D eigenvalue weighted by Gasteiger charge is 2.13. The fourth-order valence-corrected chi connectivity index (χ4v) is 1.56. The van der Waals surface area contributed by atoms with Crippen molar-refractivity contribution in [3.05, 3.63) is 62.0 Å². The lowest BCUT2D eigenvalue weighted by Crippen LogP contribution is -2.32. The van der Waals surface area contributed by atoms with Gasteiger partial charge in [-0.1, -0.05) is 29.8 Å². The summed E-state index contributed by atoms with van der Waals surface area (Å²) < 4.78 is 13.9. The lowest BCUT2D eigenvalue weighted by atomic mass is 10.1. The van der Waals surface area contributed by atoms with E-state index in [9.17, 15) is 19.1 Å². The number of aromatic hydroxyl groups is 1. The minimum Gasteiger partial charge on any atom is -0.492 e. The van der Waals surface area contributed by atoms with E-state index in [1.54, 1.807) is 17.1 Å². The monoisotopic (exact) mass is 250 g/mol. The first-order valence-corrected chi connectivity index (χ1v) is 5.26. The molecule has 1 aromatic carbocycles. The van der Waals surface area contributed by atoms with Gasteiger partial charge in [0.2, 0.25) is 11.7 Å². The Labute approximate surface area is 101 Å². The molecule has 0 saturated carbocycles. The van der Waals surface area contributed by atoms with Gasteiger partial charge in [0.15, 0.2) is 0 Å². The number of rotatable bonds is 2. The van der Waals surface area contributed by atoms with Crippen LogP contribution in [0.15, 0.2) is 33.9 Å². The van der Waals surface area contributed by atoms with Crippen molar-refractivity contribution in [2.75, 3.05) is 0 Å². The van der Waals surface area contributed by atoms with Gasteiger partial charge in [-0.15, -0.1) is 0 Å². The number of aryl methyl sites for hydroxylation is 1. The van der Waals surface area contributed by atoms with Crippen molar-refractivity contribution in [2.24, 2.45) is 0 Å². The molecule has 0 aliphatic rings. The maximum absolute atomic E-state index is 13.2. The van der Waals surface area contributed by atoms with Crippen molar-refractivity contribution in [3.8, 4) is 5.88 Å². The number of nitrogens with one attached hydrogen (secondary N) is 1. The molecule has 0 unspecified atom stereocenters. The average molecular weight is 250 g/mol. The van der Waals surface area contributed by atoms with Crippen molar-refractivity contribution >= 4 is 0 Å².